The fourth-order valence-corrected chi connectivity index (χ4v) is 2.50. The summed E-state index contributed by atoms with van der Waals surface area (Å²) >= 11 is 0. The van der Waals surface area contributed by atoms with Gasteiger partial charge >= 0.3 is 0 Å². The van der Waals surface area contributed by atoms with Gasteiger partial charge in [0.1, 0.15) is 0 Å². The maximum atomic E-state index is 11.7. The molecular weight excluding hydrogens is 162 g/mol. The second kappa shape index (κ2) is 4.12. The highest BCUT2D eigenvalue weighted by molar-refractivity contribution is 5.79. The van der Waals surface area contributed by atoms with Gasteiger partial charge in [-0.05, 0) is 26.2 Å². The number of likely N-dealkylation sites (tertiary alicyclic amines) is 1. The summed E-state index contributed by atoms with van der Waals surface area (Å²) in [6.07, 6.45) is 3.00. The third-order valence-corrected chi connectivity index (χ3v) is 3.13. The molecule has 1 heterocycles. The molecular formula is C11H21NO. The molecule has 1 fully saturated rings. The quantitative estimate of drug-likeness (QED) is 0.658. The summed E-state index contributed by atoms with van der Waals surface area (Å²) in [6.45, 7) is 8.59. The van der Waals surface area contributed by atoms with E-state index in [1.54, 1.807) is 0 Å². The Morgan fingerprint density at radius 2 is 2.00 bits per heavy atom. The van der Waals surface area contributed by atoms with E-state index in [9.17, 15) is 4.79 Å². The number of amides is 1. The van der Waals surface area contributed by atoms with Crippen molar-refractivity contribution in [1.29, 1.82) is 0 Å². The van der Waals surface area contributed by atoms with Gasteiger partial charge < -0.3 is 4.90 Å². The Bertz CT molecular complexity index is 189. The maximum absolute atomic E-state index is 11.7. The van der Waals surface area contributed by atoms with E-state index < -0.39 is 0 Å². The highest BCUT2D eigenvalue weighted by Gasteiger charge is 2.38. The summed E-state index contributed by atoms with van der Waals surface area (Å²) in [5.74, 6) is 0.952. The summed E-state index contributed by atoms with van der Waals surface area (Å²) in [5.41, 5.74) is 0. The Labute approximate surface area is 81.3 Å². The van der Waals surface area contributed by atoms with Gasteiger partial charge in [-0.3, -0.25) is 4.79 Å². The van der Waals surface area contributed by atoms with Crippen molar-refractivity contribution in [3.63, 3.8) is 0 Å². The normalized spacial score (nSPS) is 29.0. The molecule has 1 aliphatic rings. The molecule has 2 heteroatoms. The summed E-state index contributed by atoms with van der Waals surface area (Å²) in [7, 11) is 0. The smallest absolute Gasteiger partial charge is 0.223 e. The Kier molecular flexibility index (Phi) is 3.34. The lowest BCUT2D eigenvalue weighted by atomic mass is 9.95. The Balaban J connectivity index is 2.76. The molecule has 1 saturated heterocycles. The number of hydrogen-bond donors (Lipinski definition) is 0. The van der Waals surface area contributed by atoms with Gasteiger partial charge in [-0.15, -0.1) is 0 Å². The summed E-state index contributed by atoms with van der Waals surface area (Å²) in [4.78, 5) is 13.8. The highest BCUT2D eigenvalue weighted by atomic mass is 16.2. The van der Waals surface area contributed by atoms with E-state index in [0.717, 1.165) is 19.3 Å². The maximum Gasteiger partial charge on any atom is 0.223 e. The van der Waals surface area contributed by atoms with Crippen LogP contribution in [0.2, 0.25) is 0 Å². The van der Waals surface area contributed by atoms with Crippen LogP contribution in [0.3, 0.4) is 0 Å². The van der Waals surface area contributed by atoms with Gasteiger partial charge in [0.25, 0.3) is 0 Å². The zero-order valence-corrected chi connectivity index (χ0v) is 9.21. The van der Waals surface area contributed by atoms with Crippen LogP contribution in [-0.2, 0) is 4.79 Å². The third-order valence-electron chi connectivity index (χ3n) is 3.13. The Morgan fingerprint density at radius 3 is 2.38 bits per heavy atom. The molecule has 1 amide bonds. The van der Waals surface area contributed by atoms with Gasteiger partial charge in [0.2, 0.25) is 5.91 Å². The Hall–Kier alpha value is -0.530. The zero-order valence-electron chi connectivity index (χ0n) is 9.21. The summed E-state index contributed by atoms with van der Waals surface area (Å²) in [5, 5.41) is 0. The molecule has 76 valence electrons. The van der Waals surface area contributed by atoms with Crippen molar-refractivity contribution in [3.05, 3.63) is 0 Å². The van der Waals surface area contributed by atoms with Gasteiger partial charge in [0.15, 0.2) is 0 Å². The van der Waals surface area contributed by atoms with E-state index in [2.05, 4.69) is 32.6 Å². The summed E-state index contributed by atoms with van der Waals surface area (Å²) in [6, 6.07) is 0.867. The molecule has 2 atom stereocenters. The lowest BCUT2D eigenvalue weighted by Gasteiger charge is -2.30. The lowest BCUT2D eigenvalue weighted by molar-refractivity contribution is -0.130. The fourth-order valence-electron chi connectivity index (χ4n) is 2.50. The predicted octanol–water partition coefficient (Wildman–Crippen LogP) is 2.43. The van der Waals surface area contributed by atoms with Gasteiger partial charge in [-0.1, -0.05) is 20.3 Å². The first-order valence-corrected chi connectivity index (χ1v) is 5.42. The van der Waals surface area contributed by atoms with Crippen molar-refractivity contribution in [3.8, 4) is 0 Å². The standard InChI is InChI=1S/C11H21NO/c1-5-9-7-11(13)12(8(3)4)10(9)6-2/h8-10H,5-7H2,1-4H3. The first-order chi connectivity index (χ1) is 6.11. The van der Waals surface area contributed by atoms with Gasteiger partial charge in [0.05, 0.1) is 0 Å². The fraction of sp³-hybridized carbons (Fsp3) is 0.909. The largest absolute Gasteiger partial charge is 0.337 e. The van der Waals surface area contributed by atoms with Crippen LogP contribution < -0.4 is 0 Å². The van der Waals surface area contributed by atoms with E-state index in [1.165, 1.54) is 0 Å². The summed E-state index contributed by atoms with van der Waals surface area (Å²) < 4.78 is 0. The van der Waals surface area contributed by atoms with E-state index in [0.29, 0.717) is 23.9 Å². The monoisotopic (exact) mass is 183 g/mol. The van der Waals surface area contributed by atoms with Crippen LogP contribution in [0.25, 0.3) is 0 Å². The van der Waals surface area contributed by atoms with Crippen LogP contribution >= 0.6 is 0 Å². The van der Waals surface area contributed by atoms with Crippen molar-refractivity contribution in [2.75, 3.05) is 0 Å². The van der Waals surface area contributed by atoms with E-state index in [1.807, 2.05) is 0 Å². The Morgan fingerprint density at radius 1 is 1.38 bits per heavy atom. The van der Waals surface area contributed by atoms with Gasteiger partial charge in [-0.2, -0.15) is 0 Å². The van der Waals surface area contributed by atoms with E-state index in [4.69, 9.17) is 0 Å². The van der Waals surface area contributed by atoms with Gasteiger partial charge in [0, 0.05) is 18.5 Å². The van der Waals surface area contributed by atoms with Crippen LogP contribution in [0.4, 0.5) is 0 Å². The topological polar surface area (TPSA) is 20.3 Å². The molecule has 0 aliphatic carbocycles. The van der Waals surface area contributed by atoms with Crippen molar-refractivity contribution < 1.29 is 4.79 Å². The average molecular weight is 183 g/mol. The van der Waals surface area contributed by atoms with Crippen molar-refractivity contribution in [2.24, 2.45) is 5.92 Å². The minimum Gasteiger partial charge on any atom is -0.337 e. The van der Waals surface area contributed by atoms with E-state index >= 15 is 0 Å². The molecule has 2 unspecified atom stereocenters. The first kappa shape index (κ1) is 10.6. The second-order valence-electron chi connectivity index (χ2n) is 4.24. The molecule has 2 nitrogen and oxygen atoms in total. The molecule has 0 spiro atoms. The van der Waals surface area contributed by atoms with E-state index in [-0.39, 0.29) is 0 Å². The lowest BCUT2D eigenvalue weighted by Crippen LogP contribution is -2.39. The number of carbonyl (C=O) groups excluding carboxylic acids is 1. The van der Waals surface area contributed by atoms with Crippen molar-refractivity contribution in [1.82, 2.24) is 4.90 Å². The second-order valence-corrected chi connectivity index (χ2v) is 4.24. The average Bonchev–Trinajstić information content (AvgIpc) is 2.41. The predicted molar refractivity (Wildman–Crippen MR) is 54.5 cm³/mol. The van der Waals surface area contributed by atoms with Crippen LogP contribution in [-0.4, -0.2) is 22.9 Å². The minimum absolute atomic E-state index is 0.355. The number of nitrogens with zero attached hydrogens (tertiary/aromatic N) is 1. The molecule has 0 aromatic rings. The zero-order chi connectivity index (χ0) is 10.0. The number of rotatable bonds is 3. The molecule has 0 saturated carbocycles. The number of carbonyl (C=O) groups is 1. The molecule has 1 rings (SSSR count). The van der Waals surface area contributed by atoms with Crippen LogP contribution in [0.15, 0.2) is 0 Å². The molecule has 0 N–H and O–H groups in total. The molecule has 0 radical (unpaired) electrons. The third kappa shape index (κ3) is 1.87. The molecule has 0 aromatic heterocycles. The first-order valence-electron chi connectivity index (χ1n) is 5.42. The van der Waals surface area contributed by atoms with Crippen LogP contribution in [0, 0.1) is 5.92 Å². The number of hydrogen-bond acceptors (Lipinski definition) is 1. The minimum atomic E-state index is 0.355. The highest BCUT2D eigenvalue weighted by Crippen LogP contribution is 2.31. The van der Waals surface area contributed by atoms with Crippen LogP contribution in [0.1, 0.15) is 47.0 Å². The van der Waals surface area contributed by atoms with Crippen molar-refractivity contribution in [2.45, 2.75) is 59.0 Å². The van der Waals surface area contributed by atoms with Crippen LogP contribution in [0.5, 0.6) is 0 Å². The molecule has 13 heavy (non-hydrogen) atoms. The van der Waals surface area contributed by atoms with Crippen molar-refractivity contribution >= 4 is 5.91 Å². The SMILES string of the molecule is CCC1CC(=O)N(C(C)C)C1CC. The molecule has 0 aromatic carbocycles. The molecule has 0 bridgehead atoms. The van der Waals surface area contributed by atoms with Gasteiger partial charge in [-0.25, -0.2) is 0 Å². The molecule has 1 aliphatic heterocycles.